The molecule has 1 fully saturated rings. The van der Waals surface area contributed by atoms with Gasteiger partial charge in [0.2, 0.25) is 5.91 Å². The molecule has 1 aromatic carbocycles. The van der Waals surface area contributed by atoms with Crippen LogP contribution in [0.4, 0.5) is 4.39 Å². The van der Waals surface area contributed by atoms with Gasteiger partial charge < -0.3 is 0 Å². The largest absolute Gasteiger partial charge is 0.295 e. The molecule has 5 nitrogen and oxygen atoms in total. The van der Waals surface area contributed by atoms with E-state index in [4.69, 9.17) is 0 Å². The molecule has 6 heteroatoms. The number of imide groups is 1. The summed E-state index contributed by atoms with van der Waals surface area (Å²) < 4.78 is 16.3. The minimum atomic E-state index is -0.571. The Morgan fingerprint density at radius 1 is 1.36 bits per heavy atom. The fourth-order valence-corrected chi connectivity index (χ4v) is 2.98. The number of aryl methyl sites for hydroxylation is 1. The minimum Gasteiger partial charge on any atom is -0.295 e. The molecule has 1 aromatic heterocycles. The average molecular weight is 303 g/mol. The van der Waals surface area contributed by atoms with Gasteiger partial charge in [0.15, 0.2) is 0 Å². The Hall–Kier alpha value is -2.24. The fraction of sp³-hybridized carbons (Fsp3) is 0.438. The van der Waals surface area contributed by atoms with Crippen molar-refractivity contribution in [2.45, 2.75) is 45.6 Å². The maximum absolute atomic E-state index is 14.7. The van der Waals surface area contributed by atoms with Crippen molar-refractivity contribution in [2.24, 2.45) is 0 Å². The number of fused-ring (bicyclic) bond motifs is 1. The normalized spacial score (nSPS) is 19.0. The Balaban J connectivity index is 2.15. The van der Waals surface area contributed by atoms with Gasteiger partial charge in [-0.1, -0.05) is 19.9 Å². The third kappa shape index (κ3) is 2.19. The quantitative estimate of drug-likeness (QED) is 0.867. The molecule has 1 atom stereocenters. The van der Waals surface area contributed by atoms with E-state index in [0.29, 0.717) is 28.6 Å². The van der Waals surface area contributed by atoms with Crippen molar-refractivity contribution in [3.05, 3.63) is 29.2 Å². The van der Waals surface area contributed by atoms with Gasteiger partial charge in [-0.3, -0.25) is 19.6 Å². The highest BCUT2D eigenvalue weighted by Crippen LogP contribution is 2.31. The first-order valence-corrected chi connectivity index (χ1v) is 7.41. The first kappa shape index (κ1) is 14.7. The number of amides is 2. The SMILES string of the molecule is Cc1nn(C2CCC(=O)NC2=O)c2ccc(C(C)C)c(F)c12. The Kier molecular flexibility index (Phi) is 3.47. The molecule has 0 saturated carbocycles. The summed E-state index contributed by atoms with van der Waals surface area (Å²) in [4.78, 5) is 23.3. The zero-order valence-corrected chi connectivity index (χ0v) is 12.8. The maximum atomic E-state index is 14.7. The maximum Gasteiger partial charge on any atom is 0.251 e. The number of hydrogen-bond acceptors (Lipinski definition) is 3. The molecule has 1 aliphatic rings. The van der Waals surface area contributed by atoms with Crippen LogP contribution in [0.5, 0.6) is 0 Å². The van der Waals surface area contributed by atoms with Crippen LogP contribution < -0.4 is 5.32 Å². The number of rotatable bonds is 2. The number of nitrogens with zero attached hydrogens (tertiary/aromatic N) is 2. The standard InChI is InChI=1S/C16H18FN3O2/c1-8(2)10-4-5-11-14(15(10)17)9(3)19-20(11)12-6-7-13(21)18-16(12)22/h4-5,8,12H,6-7H2,1-3H3,(H,18,21,22). The second-order valence-corrected chi connectivity index (χ2v) is 6.01. The molecule has 2 heterocycles. The lowest BCUT2D eigenvalue weighted by molar-refractivity contribution is -0.135. The summed E-state index contributed by atoms with van der Waals surface area (Å²) in [5.74, 6) is -0.858. The van der Waals surface area contributed by atoms with Crippen molar-refractivity contribution in [1.82, 2.24) is 15.1 Å². The molecule has 0 aliphatic carbocycles. The predicted molar refractivity (Wildman–Crippen MR) is 79.9 cm³/mol. The smallest absolute Gasteiger partial charge is 0.251 e. The summed E-state index contributed by atoms with van der Waals surface area (Å²) in [5.41, 5.74) is 1.78. The lowest BCUT2D eigenvalue weighted by Crippen LogP contribution is -2.42. The van der Waals surface area contributed by atoms with E-state index < -0.39 is 6.04 Å². The Morgan fingerprint density at radius 2 is 2.09 bits per heavy atom. The molecule has 1 saturated heterocycles. The van der Waals surface area contributed by atoms with E-state index in [-0.39, 0.29) is 30.0 Å². The second-order valence-electron chi connectivity index (χ2n) is 6.01. The number of benzene rings is 1. The highest BCUT2D eigenvalue weighted by Gasteiger charge is 2.31. The Morgan fingerprint density at radius 3 is 2.73 bits per heavy atom. The third-order valence-corrected chi connectivity index (χ3v) is 4.14. The summed E-state index contributed by atoms with van der Waals surface area (Å²) >= 11 is 0. The first-order chi connectivity index (χ1) is 10.4. The molecule has 116 valence electrons. The number of aromatic nitrogens is 2. The molecular formula is C16H18FN3O2. The van der Waals surface area contributed by atoms with Gasteiger partial charge in [0.1, 0.15) is 11.9 Å². The predicted octanol–water partition coefficient (Wildman–Crippen LogP) is 2.58. The summed E-state index contributed by atoms with van der Waals surface area (Å²) in [5, 5.41) is 7.12. The monoisotopic (exact) mass is 303 g/mol. The number of halogens is 1. The van der Waals surface area contributed by atoms with Gasteiger partial charge in [-0.2, -0.15) is 5.10 Å². The molecule has 22 heavy (non-hydrogen) atoms. The topological polar surface area (TPSA) is 64.0 Å². The van der Waals surface area contributed by atoms with E-state index in [1.54, 1.807) is 23.7 Å². The Bertz CT molecular complexity index is 779. The molecule has 0 radical (unpaired) electrons. The lowest BCUT2D eigenvalue weighted by atomic mass is 9.99. The molecular weight excluding hydrogens is 285 g/mol. The van der Waals surface area contributed by atoms with Crippen LogP contribution in [0, 0.1) is 12.7 Å². The summed E-state index contributed by atoms with van der Waals surface area (Å²) in [6, 6.07) is 2.97. The number of hydrogen-bond donors (Lipinski definition) is 1. The van der Waals surface area contributed by atoms with Gasteiger partial charge in [0.05, 0.1) is 16.6 Å². The zero-order valence-electron chi connectivity index (χ0n) is 12.8. The van der Waals surface area contributed by atoms with Crippen molar-refractivity contribution in [3.8, 4) is 0 Å². The van der Waals surface area contributed by atoms with Crippen molar-refractivity contribution in [3.63, 3.8) is 0 Å². The summed E-state index contributed by atoms with van der Waals surface area (Å²) in [6.07, 6.45) is 0.651. The summed E-state index contributed by atoms with van der Waals surface area (Å²) in [6.45, 7) is 5.60. The van der Waals surface area contributed by atoms with Crippen LogP contribution in [0.3, 0.4) is 0 Å². The van der Waals surface area contributed by atoms with Crippen LogP contribution in [0.15, 0.2) is 12.1 Å². The zero-order chi connectivity index (χ0) is 16.0. The van der Waals surface area contributed by atoms with Gasteiger partial charge in [0, 0.05) is 6.42 Å². The average Bonchev–Trinajstić information content (AvgIpc) is 2.76. The molecule has 1 N–H and O–H groups in total. The second kappa shape index (κ2) is 5.19. The van der Waals surface area contributed by atoms with Crippen LogP contribution in [-0.2, 0) is 9.59 Å². The van der Waals surface area contributed by atoms with Crippen LogP contribution in [0.25, 0.3) is 10.9 Å². The molecule has 3 rings (SSSR count). The van der Waals surface area contributed by atoms with Crippen molar-refractivity contribution in [1.29, 1.82) is 0 Å². The van der Waals surface area contributed by atoms with Crippen LogP contribution in [0.1, 0.15) is 49.9 Å². The van der Waals surface area contributed by atoms with E-state index in [0.717, 1.165) is 0 Å². The lowest BCUT2D eigenvalue weighted by Gasteiger charge is -2.21. The van der Waals surface area contributed by atoms with E-state index in [2.05, 4.69) is 10.4 Å². The molecule has 2 amide bonds. The number of carbonyl (C=O) groups is 2. The van der Waals surface area contributed by atoms with Crippen LogP contribution >= 0.6 is 0 Å². The Labute approximate surface area is 127 Å². The number of piperidine rings is 1. The molecule has 0 spiro atoms. The highest BCUT2D eigenvalue weighted by atomic mass is 19.1. The van der Waals surface area contributed by atoms with Crippen LogP contribution in [0.2, 0.25) is 0 Å². The number of carbonyl (C=O) groups excluding carboxylic acids is 2. The molecule has 0 bridgehead atoms. The van der Waals surface area contributed by atoms with E-state index in [9.17, 15) is 14.0 Å². The van der Waals surface area contributed by atoms with Gasteiger partial charge >= 0.3 is 0 Å². The third-order valence-electron chi connectivity index (χ3n) is 4.14. The molecule has 1 unspecified atom stereocenters. The summed E-state index contributed by atoms with van der Waals surface area (Å²) in [7, 11) is 0. The van der Waals surface area contributed by atoms with Gasteiger partial charge in [0.25, 0.3) is 5.91 Å². The first-order valence-electron chi connectivity index (χ1n) is 7.41. The van der Waals surface area contributed by atoms with Gasteiger partial charge in [-0.05, 0) is 30.9 Å². The van der Waals surface area contributed by atoms with Crippen molar-refractivity contribution in [2.75, 3.05) is 0 Å². The minimum absolute atomic E-state index is 0.0720. The number of nitrogens with one attached hydrogen (secondary N) is 1. The van der Waals surface area contributed by atoms with Gasteiger partial charge in [-0.15, -0.1) is 0 Å². The fourth-order valence-electron chi connectivity index (χ4n) is 2.98. The molecule has 1 aliphatic heterocycles. The van der Waals surface area contributed by atoms with Crippen molar-refractivity contribution >= 4 is 22.7 Å². The van der Waals surface area contributed by atoms with Crippen molar-refractivity contribution < 1.29 is 14.0 Å². The van der Waals surface area contributed by atoms with E-state index in [1.807, 2.05) is 13.8 Å². The van der Waals surface area contributed by atoms with E-state index >= 15 is 0 Å². The van der Waals surface area contributed by atoms with E-state index in [1.165, 1.54) is 0 Å². The van der Waals surface area contributed by atoms with Crippen LogP contribution in [-0.4, -0.2) is 21.6 Å². The highest BCUT2D eigenvalue weighted by molar-refractivity contribution is 6.00. The van der Waals surface area contributed by atoms with Gasteiger partial charge in [-0.25, -0.2) is 4.39 Å². The molecule has 2 aromatic rings.